The first-order chi connectivity index (χ1) is 7.84. The fraction of sp³-hybridized carbons (Fsp3) is 0.333. The van der Waals surface area contributed by atoms with Crippen molar-refractivity contribution in [1.29, 1.82) is 0 Å². The van der Waals surface area contributed by atoms with Crippen molar-refractivity contribution in [3.8, 4) is 5.75 Å². The van der Waals surface area contributed by atoms with E-state index < -0.39 is 0 Å². The van der Waals surface area contributed by atoms with Crippen LogP contribution in [0, 0.1) is 5.92 Å². The SMILES string of the molecule is NC1NCC2C=COc3ccccc3C2S1. The van der Waals surface area contributed by atoms with Crippen LogP contribution in [-0.2, 0) is 0 Å². The van der Waals surface area contributed by atoms with E-state index in [1.807, 2.05) is 12.1 Å². The van der Waals surface area contributed by atoms with Gasteiger partial charge in [-0.05, 0) is 12.1 Å². The van der Waals surface area contributed by atoms with E-state index >= 15 is 0 Å². The quantitative estimate of drug-likeness (QED) is 0.719. The molecule has 3 rings (SSSR count). The van der Waals surface area contributed by atoms with Crippen LogP contribution >= 0.6 is 11.8 Å². The molecule has 3 atom stereocenters. The van der Waals surface area contributed by atoms with Crippen LogP contribution in [-0.4, -0.2) is 12.0 Å². The van der Waals surface area contributed by atoms with Crippen LogP contribution in [0.3, 0.4) is 0 Å². The van der Waals surface area contributed by atoms with Crippen LogP contribution in [0.2, 0.25) is 0 Å². The molecule has 0 radical (unpaired) electrons. The van der Waals surface area contributed by atoms with Crippen LogP contribution < -0.4 is 15.8 Å². The zero-order valence-electron chi connectivity index (χ0n) is 8.80. The summed E-state index contributed by atoms with van der Waals surface area (Å²) in [6.45, 7) is 0.910. The van der Waals surface area contributed by atoms with Crippen LogP contribution in [0.25, 0.3) is 0 Å². The van der Waals surface area contributed by atoms with Crippen molar-refractivity contribution in [3.63, 3.8) is 0 Å². The van der Waals surface area contributed by atoms with Gasteiger partial charge in [-0.1, -0.05) is 18.2 Å². The third-order valence-electron chi connectivity index (χ3n) is 2.98. The summed E-state index contributed by atoms with van der Waals surface area (Å²) in [5.74, 6) is 1.40. The largest absolute Gasteiger partial charge is 0.465 e. The molecule has 2 aliphatic heterocycles. The van der Waals surface area contributed by atoms with Gasteiger partial charge in [-0.25, -0.2) is 0 Å². The predicted molar refractivity (Wildman–Crippen MR) is 66.0 cm³/mol. The summed E-state index contributed by atoms with van der Waals surface area (Å²) in [4.78, 5) is 0. The first-order valence-corrected chi connectivity index (χ1v) is 6.35. The molecule has 3 N–H and O–H groups in total. The maximum absolute atomic E-state index is 5.94. The van der Waals surface area contributed by atoms with E-state index in [1.54, 1.807) is 18.0 Å². The standard InChI is InChI=1S/C12H14N2OS/c13-12-14-7-8-5-6-15-10-4-2-1-3-9(10)11(8)16-12/h1-6,8,11-12,14H,7,13H2. The van der Waals surface area contributed by atoms with Gasteiger partial charge in [0.1, 0.15) is 11.2 Å². The van der Waals surface area contributed by atoms with Gasteiger partial charge in [0.2, 0.25) is 0 Å². The minimum Gasteiger partial charge on any atom is -0.465 e. The molecular weight excluding hydrogens is 220 g/mol. The molecule has 1 aromatic carbocycles. The lowest BCUT2D eigenvalue weighted by Gasteiger charge is -2.33. The highest BCUT2D eigenvalue weighted by molar-refractivity contribution is 8.00. The van der Waals surface area contributed by atoms with E-state index in [4.69, 9.17) is 10.5 Å². The first kappa shape index (κ1) is 10.2. The molecule has 0 aliphatic carbocycles. The van der Waals surface area contributed by atoms with Gasteiger partial charge in [-0.2, -0.15) is 0 Å². The molecule has 0 aromatic heterocycles. The molecular formula is C12H14N2OS. The number of fused-ring (bicyclic) bond motifs is 3. The number of nitrogens with two attached hydrogens (primary N) is 1. The molecule has 4 heteroatoms. The van der Waals surface area contributed by atoms with Gasteiger partial charge in [-0.15, -0.1) is 11.8 Å². The summed E-state index contributed by atoms with van der Waals surface area (Å²) in [5, 5.41) is 3.67. The Morgan fingerprint density at radius 2 is 2.25 bits per heavy atom. The summed E-state index contributed by atoms with van der Waals surface area (Å²) < 4.78 is 5.61. The van der Waals surface area contributed by atoms with Crippen molar-refractivity contribution in [1.82, 2.24) is 5.32 Å². The van der Waals surface area contributed by atoms with Crippen molar-refractivity contribution >= 4 is 11.8 Å². The molecule has 84 valence electrons. The lowest BCUT2D eigenvalue weighted by atomic mass is 9.98. The summed E-state index contributed by atoms with van der Waals surface area (Å²) >= 11 is 1.76. The van der Waals surface area contributed by atoms with Crippen molar-refractivity contribution in [2.24, 2.45) is 11.7 Å². The minimum atomic E-state index is 0.0146. The van der Waals surface area contributed by atoms with E-state index in [0.717, 1.165) is 12.3 Å². The van der Waals surface area contributed by atoms with E-state index in [-0.39, 0.29) is 5.50 Å². The van der Waals surface area contributed by atoms with Gasteiger partial charge < -0.3 is 10.5 Å². The fourth-order valence-electron chi connectivity index (χ4n) is 2.18. The number of nitrogens with one attached hydrogen (secondary N) is 1. The highest BCUT2D eigenvalue weighted by Crippen LogP contribution is 2.45. The number of benzene rings is 1. The average Bonchev–Trinajstić information content (AvgIpc) is 2.48. The number of para-hydroxylation sites is 1. The highest BCUT2D eigenvalue weighted by atomic mass is 32.2. The Labute approximate surface area is 99.0 Å². The topological polar surface area (TPSA) is 47.3 Å². The van der Waals surface area contributed by atoms with Crippen LogP contribution in [0.5, 0.6) is 5.75 Å². The van der Waals surface area contributed by atoms with Gasteiger partial charge in [-0.3, -0.25) is 5.32 Å². The molecule has 3 nitrogen and oxygen atoms in total. The Morgan fingerprint density at radius 3 is 3.19 bits per heavy atom. The molecule has 0 saturated carbocycles. The second-order valence-corrected chi connectivity index (χ2v) is 5.32. The molecule has 0 spiro atoms. The van der Waals surface area contributed by atoms with Crippen LogP contribution in [0.1, 0.15) is 10.8 Å². The number of ether oxygens (including phenoxy) is 1. The molecule has 1 saturated heterocycles. The molecule has 16 heavy (non-hydrogen) atoms. The van der Waals surface area contributed by atoms with E-state index in [0.29, 0.717) is 11.2 Å². The summed E-state index contributed by atoms with van der Waals surface area (Å²) in [7, 11) is 0. The Morgan fingerprint density at radius 1 is 1.38 bits per heavy atom. The van der Waals surface area contributed by atoms with Gasteiger partial charge in [0.05, 0.1) is 6.26 Å². The zero-order chi connectivity index (χ0) is 11.0. The number of hydrogen-bond donors (Lipinski definition) is 2. The maximum atomic E-state index is 5.94. The van der Waals surface area contributed by atoms with E-state index in [2.05, 4.69) is 23.5 Å². The van der Waals surface area contributed by atoms with Crippen LogP contribution in [0.15, 0.2) is 36.6 Å². The third kappa shape index (κ3) is 1.73. The molecule has 3 unspecified atom stereocenters. The van der Waals surface area contributed by atoms with Gasteiger partial charge in [0.25, 0.3) is 0 Å². The zero-order valence-corrected chi connectivity index (χ0v) is 9.61. The van der Waals surface area contributed by atoms with E-state index in [9.17, 15) is 0 Å². The Kier molecular flexibility index (Phi) is 2.63. The summed E-state index contributed by atoms with van der Waals surface area (Å²) in [6, 6.07) is 8.19. The maximum Gasteiger partial charge on any atom is 0.130 e. The van der Waals surface area contributed by atoms with Crippen molar-refractivity contribution in [3.05, 3.63) is 42.2 Å². The fourth-order valence-corrected chi connectivity index (χ4v) is 3.41. The summed E-state index contributed by atoms with van der Waals surface area (Å²) in [6.07, 6.45) is 3.92. The molecule has 1 fully saturated rings. The first-order valence-electron chi connectivity index (χ1n) is 5.41. The number of rotatable bonds is 0. The Hall–Kier alpha value is -0.970. The van der Waals surface area contributed by atoms with Gasteiger partial charge in [0.15, 0.2) is 0 Å². The minimum absolute atomic E-state index is 0.0146. The molecule has 0 amide bonds. The Bertz CT molecular complexity index is 421. The molecule has 0 bridgehead atoms. The second kappa shape index (κ2) is 4.13. The Balaban J connectivity index is 2.02. The normalized spacial score (nSPS) is 32.2. The molecule has 1 aromatic rings. The van der Waals surface area contributed by atoms with Gasteiger partial charge in [0, 0.05) is 23.3 Å². The van der Waals surface area contributed by atoms with Crippen molar-refractivity contribution in [2.75, 3.05) is 6.54 Å². The van der Waals surface area contributed by atoms with Gasteiger partial charge >= 0.3 is 0 Å². The van der Waals surface area contributed by atoms with Crippen LogP contribution in [0.4, 0.5) is 0 Å². The lowest BCUT2D eigenvalue weighted by Crippen LogP contribution is -2.43. The predicted octanol–water partition coefficient (Wildman–Crippen LogP) is 1.83. The number of thioether (sulfide) groups is 1. The average molecular weight is 234 g/mol. The van der Waals surface area contributed by atoms with Crippen molar-refractivity contribution < 1.29 is 4.74 Å². The molecule has 2 heterocycles. The molecule has 2 aliphatic rings. The third-order valence-corrected chi connectivity index (χ3v) is 4.34. The van der Waals surface area contributed by atoms with Crippen molar-refractivity contribution in [2.45, 2.75) is 10.7 Å². The monoisotopic (exact) mass is 234 g/mol. The smallest absolute Gasteiger partial charge is 0.130 e. The van der Waals surface area contributed by atoms with E-state index in [1.165, 1.54) is 5.56 Å². The highest BCUT2D eigenvalue weighted by Gasteiger charge is 2.32. The number of hydrogen-bond acceptors (Lipinski definition) is 4. The second-order valence-electron chi connectivity index (χ2n) is 4.03. The summed E-state index contributed by atoms with van der Waals surface area (Å²) in [5.41, 5.74) is 7.20. The lowest BCUT2D eigenvalue weighted by molar-refractivity contribution is 0.479.